The van der Waals surface area contributed by atoms with Crippen LogP contribution in [0.25, 0.3) is 0 Å². The first kappa shape index (κ1) is 18.3. The Morgan fingerprint density at radius 2 is 1.62 bits per heavy atom. The fraction of sp³-hybridized carbons (Fsp3) is 0.263. The predicted molar refractivity (Wildman–Crippen MR) is 97.2 cm³/mol. The van der Waals surface area contributed by atoms with Crippen LogP contribution in [0, 0.1) is 5.92 Å². The van der Waals surface area contributed by atoms with Crippen molar-refractivity contribution in [2.24, 2.45) is 11.1 Å². The number of primary sulfonamides is 1. The van der Waals surface area contributed by atoms with Gasteiger partial charge in [-0.15, -0.1) is 0 Å². The van der Waals surface area contributed by atoms with Crippen molar-refractivity contribution < 1.29 is 18.0 Å². The van der Waals surface area contributed by atoms with Crippen molar-refractivity contribution in [3.63, 3.8) is 0 Å². The van der Waals surface area contributed by atoms with Crippen LogP contribution < -0.4 is 5.14 Å². The SMILES string of the molecule is NS(=O)(=O)c1ccc(C(=O)N2CCCC(C(=O)c3ccccc3)C2)cc1. The second kappa shape index (κ2) is 7.39. The van der Waals surface area contributed by atoms with E-state index in [1.165, 1.54) is 24.3 Å². The lowest BCUT2D eigenvalue weighted by Crippen LogP contribution is -2.42. The second-order valence-electron chi connectivity index (χ2n) is 6.39. The zero-order chi connectivity index (χ0) is 18.7. The third-order valence-electron chi connectivity index (χ3n) is 4.57. The molecule has 0 saturated carbocycles. The van der Waals surface area contributed by atoms with E-state index in [-0.39, 0.29) is 22.5 Å². The number of hydrogen-bond acceptors (Lipinski definition) is 4. The molecule has 6 nitrogen and oxygen atoms in total. The van der Waals surface area contributed by atoms with Crippen molar-refractivity contribution in [1.82, 2.24) is 4.90 Å². The molecule has 2 aromatic rings. The molecule has 1 atom stereocenters. The van der Waals surface area contributed by atoms with Crippen LogP contribution >= 0.6 is 0 Å². The number of nitrogens with two attached hydrogens (primary N) is 1. The summed E-state index contributed by atoms with van der Waals surface area (Å²) in [5.41, 5.74) is 1.04. The Hall–Kier alpha value is -2.51. The number of likely N-dealkylation sites (tertiary alicyclic amines) is 1. The quantitative estimate of drug-likeness (QED) is 0.831. The van der Waals surface area contributed by atoms with Crippen molar-refractivity contribution in [1.29, 1.82) is 0 Å². The van der Waals surface area contributed by atoms with Crippen LogP contribution in [0.5, 0.6) is 0 Å². The zero-order valence-corrected chi connectivity index (χ0v) is 15.0. The van der Waals surface area contributed by atoms with Crippen LogP contribution in [-0.4, -0.2) is 38.1 Å². The standard InChI is InChI=1S/C19H20N2O4S/c20-26(24,25)17-10-8-15(9-11-17)19(23)21-12-4-7-16(13-21)18(22)14-5-2-1-3-6-14/h1-3,5-6,8-11,16H,4,7,12-13H2,(H2,20,24,25). The summed E-state index contributed by atoms with van der Waals surface area (Å²) < 4.78 is 22.6. The molecular formula is C19H20N2O4S. The van der Waals surface area contributed by atoms with Gasteiger partial charge in [-0.2, -0.15) is 0 Å². The molecule has 1 amide bonds. The van der Waals surface area contributed by atoms with Crippen LogP contribution in [0.15, 0.2) is 59.5 Å². The summed E-state index contributed by atoms with van der Waals surface area (Å²) >= 11 is 0. The molecule has 136 valence electrons. The average Bonchev–Trinajstić information content (AvgIpc) is 2.67. The Balaban J connectivity index is 1.73. The number of Topliss-reactive ketones (excluding diaryl/α,β-unsaturated/α-hetero) is 1. The molecule has 2 aromatic carbocycles. The first-order valence-electron chi connectivity index (χ1n) is 8.37. The lowest BCUT2D eigenvalue weighted by Gasteiger charge is -2.32. The van der Waals surface area contributed by atoms with E-state index in [0.29, 0.717) is 24.2 Å². The molecule has 0 aliphatic carbocycles. The highest BCUT2D eigenvalue weighted by Crippen LogP contribution is 2.22. The summed E-state index contributed by atoms with van der Waals surface area (Å²) in [6, 6.07) is 14.6. The largest absolute Gasteiger partial charge is 0.338 e. The molecule has 0 spiro atoms. The van der Waals surface area contributed by atoms with E-state index >= 15 is 0 Å². The molecule has 0 radical (unpaired) electrons. The van der Waals surface area contributed by atoms with E-state index in [0.717, 1.165) is 12.8 Å². The van der Waals surface area contributed by atoms with Crippen molar-refractivity contribution in [3.05, 3.63) is 65.7 Å². The fourth-order valence-corrected chi connectivity index (χ4v) is 3.70. The van der Waals surface area contributed by atoms with E-state index in [1.807, 2.05) is 18.2 Å². The first-order chi connectivity index (χ1) is 12.4. The Labute approximate surface area is 152 Å². The molecule has 1 saturated heterocycles. The van der Waals surface area contributed by atoms with E-state index < -0.39 is 10.0 Å². The van der Waals surface area contributed by atoms with Crippen LogP contribution in [0.2, 0.25) is 0 Å². The van der Waals surface area contributed by atoms with Crippen LogP contribution in [-0.2, 0) is 10.0 Å². The van der Waals surface area contributed by atoms with Crippen LogP contribution in [0.1, 0.15) is 33.6 Å². The van der Waals surface area contributed by atoms with Gasteiger partial charge in [-0.05, 0) is 37.1 Å². The van der Waals surface area contributed by atoms with Gasteiger partial charge in [0.05, 0.1) is 4.90 Å². The second-order valence-corrected chi connectivity index (χ2v) is 7.95. The minimum Gasteiger partial charge on any atom is -0.338 e. The third kappa shape index (κ3) is 4.00. The van der Waals surface area contributed by atoms with E-state index in [9.17, 15) is 18.0 Å². The highest BCUT2D eigenvalue weighted by Gasteiger charge is 2.29. The molecule has 7 heteroatoms. The van der Waals surface area contributed by atoms with Crippen molar-refractivity contribution in [2.45, 2.75) is 17.7 Å². The topological polar surface area (TPSA) is 97.5 Å². The van der Waals surface area contributed by atoms with Gasteiger partial charge in [0.2, 0.25) is 10.0 Å². The maximum atomic E-state index is 12.7. The molecule has 2 N–H and O–H groups in total. The molecule has 1 heterocycles. The van der Waals surface area contributed by atoms with Crippen molar-refractivity contribution in [3.8, 4) is 0 Å². The number of carbonyl (C=O) groups excluding carboxylic acids is 2. The van der Waals surface area contributed by atoms with Crippen LogP contribution in [0.3, 0.4) is 0 Å². The summed E-state index contributed by atoms with van der Waals surface area (Å²) in [7, 11) is -3.79. The van der Waals surface area contributed by atoms with E-state index in [2.05, 4.69) is 0 Å². The van der Waals surface area contributed by atoms with Gasteiger partial charge in [-0.1, -0.05) is 30.3 Å². The summed E-state index contributed by atoms with van der Waals surface area (Å²) in [6.45, 7) is 0.942. The van der Waals surface area contributed by atoms with Gasteiger partial charge in [-0.25, -0.2) is 13.6 Å². The number of rotatable bonds is 4. The van der Waals surface area contributed by atoms with Gasteiger partial charge in [-0.3, -0.25) is 9.59 Å². The molecule has 26 heavy (non-hydrogen) atoms. The number of benzene rings is 2. The minimum atomic E-state index is -3.79. The first-order valence-corrected chi connectivity index (χ1v) is 9.92. The number of piperidine rings is 1. The highest BCUT2D eigenvalue weighted by molar-refractivity contribution is 7.89. The lowest BCUT2D eigenvalue weighted by atomic mass is 9.89. The molecule has 1 fully saturated rings. The molecular weight excluding hydrogens is 352 g/mol. The van der Waals surface area contributed by atoms with Crippen molar-refractivity contribution >= 4 is 21.7 Å². The van der Waals surface area contributed by atoms with Gasteiger partial charge < -0.3 is 4.90 Å². The summed E-state index contributed by atoms with van der Waals surface area (Å²) in [5.74, 6) is -0.386. The van der Waals surface area contributed by atoms with Gasteiger partial charge in [0, 0.05) is 30.1 Å². The number of sulfonamides is 1. The Morgan fingerprint density at radius 1 is 0.962 bits per heavy atom. The number of amides is 1. The molecule has 0 bridgehead atoms. The number of nitrogens with zero attached hydrogens (tertiary/aromatic N) is 1. The Bertz CT molecular complexity index is 908. The molecule has 1 aliphatic heterocycles. The van der Waals surface area contributed by atoms with Gasteiger partial charge in [0.25, 0.3) is 5.91 Å². The van der Waals surface area contributed by atoms with Gasteiger partial charge >= 0.3 is 0 Å². The number of carbonyl (C=O) groups is 2. The van der Waals surface area contributed by atoms with E-state index in [4.69, 9.17) is 5.14 Å². The molecule has 3 rings (SSSR count). The highest BCUT2D eigenvalue weighted by atomic mass is 32.2. The summed E-state index contributed by atoms with van der Waals surface area (Å²) in [6.07, 6.45) is 1.51. The third-order valence-corrected chi connectivity index (χ3v) is 5.50. The van der Waals surface area contributed by atoms with Gasteiger partial charge in [0.1, 0.15) is 0 Å². The van der Waals surface area contributed by atoms with Crippen LogP contribution in [0.4, 0.5) is 0 Å². The maximum absolute atomic E-state index is 12.7. The fourth-order valence-electron chi connectivity index (χ4n) is 3.18. The van der Waals surface area contributed by atoms with E-state index in [1.54, 1.807) is 17.0 Å². The zero-order valence-electron chi connectivity index (χ0n) is 14.2. The summed E-state index contributed by atoms with van der Waals surface area (Å²) in [5, 5.41) is 5.07. The number of hydrogen-bond donors (Lipinski definition) is 1. The maximum Gasteiger partial charge on any atom is 0.253 e. The summed E-state index contributed by atoms with van der Waals surface area (Å²) in [4.78, 5) is 27.0. The Morgan fingerprint density at radius 3 is 2.23 bits per heavy atom. The molecule has 1 unspecified atom stereocenters. The lowest BCUT2D eigenvalue weighted by molar-refractivity contribution is 0.0637. The minimum absolute atomic E-state index is 0.0372. The number of ketones is 1. The monoisotopic (exact) mass is 372 g/mol. The molecule has 1 aliphatic rings. The Kier molecular flexibility index (Phi) is 5.20. The predicted octanol–water partition coefficient (Wildman–Crippen LogP) is 2.07. The normalized spacial score (nSPS) is 17.7. The average molecular weight is 372 g/mol. The molecule has 0 aromatic heterocycles. The smallest absolute Gasteiger partial charge is 0.253 e. The van der Waals surface area contributed by atoms with Crippen molar-refractivity contribution in [2.75, 3.05) is 13.1 Å². The van der Waals surface area contributed by atoms with Gasteiger partial charge in [0.15, 0.2) is 5.78 Å².